The molecule has 9 heteroatoms. The smallest absolute Gasteiger partial charge is 0.409 e. The van der Waals surface area contributed by atoms with Crippen LogP contribution >= 0.6 is 12.6 Å². The summed E-state index contributed by atoms with van der Waals surface area (Å²) in [5, 5.41) is 11.8. The number of aliphatic hydroxyl groups excluding tert-OH is 1. The lowest BCUT2D eigenvalue weighted by Crippen LogP contribution is -2.63. The second-order valence-electron chi connectivity index (χ2n) is 12.3. The largest absolute Gasteiger partial charge is 0.441 e. The molecule has 0 aromatic heterocycles. The summed E-state index contributed by atoms with van der Waals surface area (Å²) >= 11 is 4.16. The zero-order valence-corrected chi connectivity index (χ0v) is 23.7. The second kappa shape index (κ2) is 10.1. The summed E-state index contributed by atoms with van der Waals surface area (Å²) in [4.78, 5) is 40.1. The number of hydrogen-bond donors (Lipinski definition) is 2. The van der Waals surface area contributed by atoms with E-state index >= 15 is 0 Å². The number of thiol groups is 1. The molecule has 5 aliphatic rings. The lowest BCUT2D eigenvalue weighted by atomic mass is 9.46. The maximum atomic E-state index is 14.1. The van der Waals surface area contributed by atoms with Crippen LogP contribution in [0.3, 0.4) is 0 Å². The van der Waals surface area contributed by atoms with Gasteiger partial charge in [-0.2, -0.15) is 12.6 Å². The number of Topliss-reactive ketones (excluding diaryl/α,β-unsaturated/α-hetero) is 1. The van der Waals surface area contributed by atoms with Gasteiger partial charge < -0.3 is 24.2 Å². The van der Waals surface area contributed by atoms with E-state index in [1.165, 1.54) is 4.90 Å². The average Bonchev–Trinajstić information content (AvgIpc) is 3.35. The first-order valence-corrected chi connectivity index (χ1v) is 14.6. The molecule has 38 heavy (non-hydrogen) atoms. The first-order valence-electron chi connectivity index (χ1n) is 14.0. The van der Waals surface area contributed by atoms with E-state index in [4.69, 9.17) is 14.2 Å². The fraction of sp³-hybridized carbons (Fsp3) is 0.759. The lowest BCUT2D eigenvalue weighted by Gasteiger charge is -2.59. The first-order chi connectivity index (χ1) is 18.0. The quantitative estimate of drug-likeness (QED) is 0.469. The Morgan fingerprint density at radius 3 is 2.79 bits per heavy atom. The highest BCUT2D eigenvalue weighted by Gasteiger charge is 2.75. The van der Waals surface area contributed by atoms with E-state index in [2.05, 4.69) is 26.5 Å². The monoisotopic (exact) mass is 547 g/mol. The molecule has 1 N–H and O–H groups in total. The summed E-state index contributed by atoms with van der Waals surface area (Å²) in [5.74, 6) is 0.356. The molecule has 5 rings (SSSR count). The van der Waals surface area contributed by atoms with Gasteiger partial charge in [-0.15, -0.1) is 0 Å². The molecule has 0 aromatic rings. The van der Waals surface area contributed by atoms with Crippen molar-refractivity contribution in [1.29, 1.82) is 0 Å². The number of nitrogens with zero attached hydrogens (tertiary/aromatic N) is 1. The molecule has 1 aliphatic heterocycles. The summed E-state index contributed by atoms with van der Waals surface area (Å²) in [6.07, 6.45) is 7.28. The van der Waals surface area contributed by atoms with Crippen LogP contribution in [0.15, 0.2) is 23.8 Å². The minimum atomic E-state index is -1.29. The van der Waals surface area contributed by atoms with Gasteiger partial charge in [0, 0.05) is 36.1 Å². The van der Waals surface area contributed by atoms with Gasteiger partial charge in [-0.05, 0) is 56.1 Å². The SMILES string of the molecule is CCCC1O[C@@H]2CC3[C@@H]4CCC5=CC(=O)C=C[C@]5(C)C4[C@@H](O)C[C@]3(C)[C@]2(C(=O)COC(=O)N(C)CCS)O1. The number of rotatable bonds is 7. The molecule has 8 nitrogen and oxygen atoms in total. The summed E-state index contributed by atoms with van der Waals surface area (Å²) in [5.41, 5.74) is -1.29. The fourth-order valence-electron chi connectivity index (χ4n) is 8.59. The molecule has 0 spiro atoms. The van der Waals surface area contributed by atoms with Crippen LogP contribution in [0.2, 0.25) is 0 Å². The van der Waals surface area contributed by atoms with Crippen molar-refractivity contribution >= 4 is 30.3 Å². The van der Waals surface area contributed by atoms with Gasteiger partial charge in [-0.3, -0.25) is 9.59 Å². The molecule has 210 valence electrons. The molecule has 3 unspecified atom stereocenters. The van der Waals surface area contributed by atoms with Crippen LogP contribution in [0, 0.1) is 28.6 Å². The van der Waals surface area contributed by atoms with E-state index < -0.39 is 47.6 Å². The molecule has 3 saturated carbocycles. The Bertz CT molecular complexity index is 1060. The standard InChI is InChI=1S/C29H41NO7S/c1-5-6-24-36-23-14-20-19-8-7-17-13-18(31)9-10-27(17,2)25(19)21(32)15-28(20,3)29(23,37-24)22(33)16-35-26(34)30(4)11-12-38/h9-10,13,19-21,23-25,32,38H,5-8,11-12,14-16H2,1-4H3/t19-,20?,21-,23+,24?,25?,27-,28-,29+/m0/s1. The number of amides is 1. The van der Waals surface area contributed by atoms with Crippen molar-refractivity contribution < 1.29 is 33.7 Å². The Hall–Kier alpha value is -1.68. The van der Waals surface area contributed by atoms with Crippen LogP contribution in [-0.4, -0.2) is 77.7 Å². The van der Waals surface area contributed by atoms with Crippen LogP contribution < -0.4 is 0 Å². The van der Waals surface area contributed by atoms with Crippen molar-refractivity contribution in [1.82, 2.24) is 4.90 Å². The molecular weight excluding hydrogens is 506 g/mol. The average molecular weight is 548 g/mol. The molecule has 9 atom stereocenters. The molecular formula is C29H41NO7S. The number of carbonyl (C=O) groups is 3. The number of ether oxygens (including phenoxy) is 3. The van der Waals surface area contributed by atoms with E-state index in [9.17, 15) is 19.5 Å². The summed E-state index contributed by atoms with van der Waals surface area (Å²) < 4.78 is 18.4. The van der Waals surface area contributed by atoms with Gasteiger partial charge >= 0.3 is 6.09 Å². The third-order valence-electron chi connectivity index (χ3n) is 10.3. The number of hydrogen-bond acceptors (Lipinski definition) is 8. The maximum absolute atomic E-state index is 14.1. The van der Waals surface area contributed by atoms with Crippen LogP contribution in [0.5, 0.6) is 0 Å². The highest BCUT2D eigenvalue weighted by Crippen LogP contribution is 2.69. The van der Waals surface area contributed by atoms with Crippen LogP contribution in [-0.2, 0) is 23.8 Å². The predicted molar refractivity (Wildman–Crippen MR) is 144 cm³/mol. The summed E-state index contributed by atoms with van der Waals surface area (Å²) in [6, 6.07) is 0. The van der Waals surface area contributed by atoms with Gasteiger partial charge in [0.1, 0.15) is 0 Å². The second-order valence-corrected chi connectivity index (χ2v) is 12.7. The van der Waals surface area contributed by atoms with E-state index in [1.807, 2.05) is 13.0 Å². The van der Waals surface area contributed by atoms with Gasteiger partial charge in [0.15, 0.2) is 24.3 Å². The number of fused-ring (bicyclic) bond motifs is 7. The van der Waals surface area contributed by atoms with E-state index in [0.29, 0.717) is 31.6 Å². The highest BCUT2D eigenvalue weighted by molar-refractivity contribution is 7.80. The first kappa shape index (κ1) is 27.9. The Morgan fingerprint density at radius 1 is 1.32 bits per heavy atom. The number of carbonyl (C=O) groups excluding carboxylic acids is 3. The molecule has 4 fully saturated rings. The Labute approximate surface area is 230 Å². The van der Waals surface area contributed by atoms with Crippen molar-refractivity contribution in [2.45, 2.75) is 83.4 Å². The lowest BCUT2D eigenvalue weighted by molar-refractivity contribution is -0.200. The third-order valence-corrected chi connectivity index (χ3v) is 10.5. The van der Waals surface area contributed by atoms with Crippen molar-refractivity contribution in [3.05, 3.63) is 23.8 Å². The topological polar surface area (TPSA) is 102 Å². The minimum absolute atomic E-state index is 0.00402. The van der Waals surface area contributed by atoms with Gasteiger partial charge in [0.05, 0.1) is 12.2 Å². The normalized spacial score (nSPS) is 43.0. The van der Waals surface area contributed by atoms with E-state index in [1.54, 1.807) is 19.2 Å². The number of aliphatic hydroxyl groups is 1. The van der Waals surface area contributed by atoms with Crippen LogP contribution in [0.4, 0.5) is 4.79 Å². The molecule has 0 bridgehead atoms. The van der Waals surface area contributed by atoms with Crippen LogP contribution in [0.1, 0.15) is 59.3 Å². The Morgan fingerprint density at radius 2 is 2.08 bits per heavy atom. The minimum Gasteiger partial charge on any atom is -0.441 e. The van der Waals surface area contributed by atoms with Crippen LogP contribution in [0.25, 0.3) is 0 Å². The Balaban J connectivity index is 1.47. The van der Waals surface area contributed by atoms with Gasteiger partial charge in [0.25, 0.3) is 0 Å². The zero-order chi connectivity index (χ0) is 27.5. The third kappa shape index (κ3) is 4.02. The summed E-state index contributed by atoms with van der Waals surface area (Å²) in [6.45, 7) is 6.24. The van der Waals surface area contributed by atoms with Crippen molar-refractivity contribution in [2.24, 2.45) is 28.6 Å². The molecule has 1 saturated heterocycles. The van der Waals surface area contributed by atoms with Crippen molar-refractivity contribution in [3.8, 4) is 0 Å². The Kier molecular flexibility index (Phi) is 7.38. The molecule has 4 aliphatic carbocycles. The van der Waals surface area contributed by atoms with E-state index in [0.717, 1.165) is 24.8 Å². The highest BCUT2D eigenvalue weighted by atomic mass is 32.1. The van der Waals surface area contributed by atoms with Gasteiger partial charge in [0.2, 0.25) is 5.78 Å². The molecule has 0 radical (unpaired) electrons. The van der Waals surface area contributed by atoms with Gasteiger partial charge in [-0.1, -0.05) is 38.8 Å². The van der Waals surface area contributed by atoms with Crippen molar-refractivity contribution in [2.75, 3.05) is 26.0 Å². The van der Waals surface area contributed by atoms with E-state index in [-0.39, 0.29) is 29.3 Å². The maximum Gasteiger partial charge on any atom is 0.409 e. The number of allylic oxidation sites excluding steroid dienone is 4. The van der Waals surface area contributed by atoms with Gasteiger partial charge in [-0.25, -0.2) is 4.79 Å². The molecule has 1 amide bonds. The zero-order valence-electron chi connectivity index (χ0n) is 22.9. The molecule has 0 aromatic carbocycles. The van der Waals surface area contributed by atoms with Crippen molar-refractivity contribution in [3.63, 3.8) is 0 Å². The molecule has 1 heterocycles. The number of ketones is 2. The summed E-state index contributed by atoms with van der Waals surface area (Å²) in [7, 11) is 1.61. The predicted octanol–water partition coefficient (Wildman–Crippen LogP) is 3.72. The fourth-order valence-corrected chi connectivity index (χ4v) is 8.89.